The molecule has 1 aliphatic rings. The van der Waals surface area contributed by atoms with Crippen LogP contribution < -0.4 is 0 Å². The fourth-order valence-corrected chi connectivity index (χ4v) is 3.32. The van der Waals surface area contributed by atoms with Gasteiger partial charge in [-0.05, 0) is 63.2 Å². The van der Waals surface area contributed by atoms with Gasteiger partial charge < -0.3 is 4.90 Å². The van der Waals surface area contributed by atoms with Gasteiger partial charge in [-0.1, -0.05) is 56.5 Å². The number of nitrogens with zero attached hydrogens (tertiary/aromatic N) is 1. The normalized spacial score (nSPS) is 16.6. The molecule has 1 aromatic carbocycles. The summed E-state index contributed by atoms with van der Waals surface area (Å²) < 4.78 is 0. The maximum absolute atomic E-state index is 2.68. The minimum atomic E-state index is 0. The Hall–Kier alpha value is -0.530. The number of hydrogen-bond acceptors (Lipinski definition) is 1. The standard InChI is InChI=1S/C19H31N.ClH/c1-2-3-7-15-20-16-13-19(14-17-20)12-8-11-18-9-5-4-6-10-18;/h4-6,9-10,19H,2-3,7-8,11-17H2,1H3;1H. The van der Waals surface area contributed by atoms with Crippen LogP contribution in [-0.4, -0.2) is 24.5 Å². The average molecular weight is 310 g/mol. The number of hydrogen-bond donors (Lipinski definition) is 0. The molecule has 1 nitrogen and oxygen atoms in total. The minimum Gasteiger partial charge on any atom is -0.303 e. The molecular weight excluding hydrogens is 278 g/mol. The van der Waals surface area contributed by atoms with Crippen molar-refractivity contribution in [2.24, 2.45) is 5.92 Å². The van der Waals surface area contributed by atoms with Crippen molar-refractivity contribution in [2.75, 3.05) is 19.6 Å². The van der Waals surface area contributed by atoms with Gasteiger partial charge >= 0.3 is 0 Å². The third kappa shape index (κ3) is 7.33. The van der Waals surface area contributed by atoms with Gasteiger partial charge in [0.15, 0.2) is 0 Å². The minimum absolute atomic E-state index is 0. The third-order valence-corrected chi connectivity index (χ3v) is 4.71. The number of likely N-dealkylation sites (tertiary alicyclic amines) is 1. The Kier molecular flexibility index (Phi) is 9.78. The van der Waals surface area contributed by atoms with Crippen molar-refractivity contribution in [3.05, 3.63) is 35.9 Å². The van der Waals surface area contributed by atoms with E-state index in [1.54, 1.807) is 0 Å². The second-order valence-electron chi connectivity index (χ2n) is 6.37. The van der Waals surface area contributed by atoms with E-state index in [0.717, 1.165) is 5.92 Å². The van der Waals surface area contributed by atoms with E-state index in [1.807, 2.05) is 0 Å². The van der Waals surface area contributed by atoms with Gasteiger partial charge in [0.05, 0.1) is 0 Å². The summed E-state index contributed by atoms with van der Waals surface area (Å²) in [7, 11) is 0. The average Bonchev–Trinajstić information content (AvgIpc) is 2.50. The first-order chi connectivity index (χ1) is 9.88. The van der Waals surface area contributed by atoms with Gasteiger partial charge in [0.2, 0.25) is 0 Å². The summed E-state index contributed by atoms with van der Waals surface area (Å²) in [6.07, 6.45) is 11.1. The second-order valence-corrected chi connectivity index (χ2v) is 6.37. The molecule has 0 bridgehead atoms. The lowest BCUT2D eigenvalue weighted by Crippen LogP contribution is -2.34. The molecule has 1 aliphatic heterocycles. The fourth-order valence-electron chi connectivity index (χ4n) is 3.32. The number of unbranched alkanes of at least 4 members (excludes halogenated alkanes) is 2. The Morgan fingerprint density at radius 1 is 1.00 bits per heavy atom. The zero-order valence-electron chi connectivity index (χ0n) is 13.6. The van der Waals surface area contributed by atoms with Crippen molar-refractivity contribution in [1.82, 2.24) is 4.90 Å². The van der Waals surface area contributed by atoms with Crippen molar-refractivity contribution >= 4 is 12.4 Å². The van der Waals surface area contributed by atoms with Gasteiger partial charge in [0.25, 0.3) is 0 Å². The van der Waals surface area contributed by atoms with Crippen LogP contribution >= 0.6 is 12.4 Å². The molecule has 0 aromatic heterocycles. The monoisotopic (exact) mass is 309 g/mol. The summed E-state index contributed by atoms with van der Waals surface area (Å²) in [5.41, 5.74) is 1.50. The predicted molar refractivity (Wildman–Crippen MR) is 95.3 cm³/mol. The first-order valence-electron chi connectivity index (χ1n) is 8.64. The summed E-state index contributed by atoms with van der Waals surface area (Å²) in [4.78, 5) is 2.68. The van der Waals surface area contributed by atoms with E-state index in [4.69, 9.17) is 0 Å². The number of halogens is 1. The molecule has 0 radical (unpaired) electrons. The van der Waals surface area contributed by atoms with Crippen LogP contribution in [0.3, 0.4) is 0 Å². The van der Waals surface area contributed by atoms with Crippen molar-refractivity contribution in [1.29, 1.82) is 0 Å². The maximum Gasteiger partial charge on any atom is -0.00161 e. The van der Waals surface area contributed by atoms with Gasteiger partial charge in [0.1, 0.15) is 0 Å². The Morgan fingerprint density at radius 2 is 1.71 bits per heavy atom. The second kappa shape index (κ2) is 11.1. The van der Waals surface area contributed by atoms with E-state index in [2.05, 4.69) is 42.2 Å². The van der Waals surface area contributed by atoms with E-state index in [0.29, 0.717) is 0 Å². The highest BCUT2D eigenvalue weighted by molar-refractivity contribution is 5.85. The third-order valence-electron chi connectivity index (χ3n) is 4.71. The largest absolute Gasteiger partial charge is 0.303 e. The highest BCUT2D eigenvalue weighted by atomic mass is 35.5. The topological polar surface area (TPSA) is 3.24 Å². The SMILES string of the molecule is CCCCCN1CCC(CCCc2ccccc2)CC1.Cl. The molecule has 0 saturated carbocycles. The molecule has 2 rings (SSSR count). The summed E-state index contributed by atoms with van der Waals surface area (Å²) in [6.45, 7) is 6.32. The van der Waals surface area contributed by atoms with Gasteiger partial charge in [0, 0.05) is 0 Å². The molecule has 1 heterocycles. The lowest BCUT2D eigenvalue weighted by atomic mass is 9.90. The molecule has 0 amide bonds. The van der Waals surface area contributed by atoms with E-state index < -0.39 is 0 Å². The maximum atomic E-state index is 2.68. The predicted octanol–water partition coefficient (Wildman–Crippen LogP) is 5.33. The van der Waals surface area contributed by atoms with Crippen molar-refractivity contribution in [2.45, 2.75) is 58.3 Å². The molecule has 0 spiro atoms. The molecule has 1 saturated heterocycles. The molecule has 0 aliphatic carbocycles. The molecule has 120 valence electrons. The first-order valence-corrected chi connectivity index (χ1v) is 8.64. The van der Waals surface area contributed by atoms with Crippen LogP contribution in [0.5, 0.6) is 0 Å². The lowest BCUT2D eigenvalue weighted by Gasteiger charge is -2.32. The molecule has 0 N–H and O–H groups in total. The van der Waals surface area contributed by atoms with Crippen LogP contribution in [0.1, 0.15) is 57.4 Å². The molecule has 1 aromatic rings. The Morgan fingerprint density at radius 3 is 2.38 bits per heavy atom. The number of benzene rings is 1. The number of aryl methyl sites for hydroxylation is 1. The number of rotatable bonds is 8. The Labute approximate surface area is 137 Å². The first kappa shape index (κ1) is 18.5. The van der Waals surface area contributed by atoms with Crippen LogP contribution in [0.4, 0.5) is 0 Å². The summed E-state index contributed by atoms with van der Waals surface area (Å²) >= 11 is 0. The lowest BCUT2D eigenvalue weighted by molar-refractivity contribution is 0.175. The quantitative estimate of drug-likeness (QED) is 0.586. The van der Waals surface area contributed by atoms with Crippen LogP contribution in [-0.2, 0) is 6.42 Å². The van der Waals surface area contributed by atoms with Gasteiger partial charge in [-0.2, -0.15) is 0 Å². The summed E-state index contributed by atoms with van der Waals surface area (Å²) in [5.74, 6) is 0.987. The summed E-state index contributed by atoms with van der Waals surface area (Å²) in [6, 6.07) is 10.9. The molecule has 1 fully saturated rings. The molecule has 21 heavy (non-hydrogen) atoms. The van der Waals surface area contributed by atoms with Crippen LogP contribution in [0.2, 0.25) is 0 Å². The van der Waals surface area contributed by atoms with Crippen LogP contribution in [0.15, 0.2) is 30.3 Å². The van der Waals surface area contributed by atoms with E-state index in [-0.39, 0.29) is 12.4 Å². The van der Waals surface area contributed by atoms with Crippen LogP contribution in [0, 0.1) is 5.92 Å². The molecular formula is C19H32ClN. The highest BCUT2D eigenvalue weighted by Crippen LogP contribution is 2.23. The number of piperidine rings is 1. The molecule has 0 unspecified atom stereocenters. The van der Waals surface area contributed by atoms with E-state index >= 15 is 0 Å². The Balaban J connectivity index is 0.00000220. The molecule has 2 heteroatoms. The van der Waals surface area contributed by atoms with Crippen LogP contribution in [0.25, 0.3) is 0 Å². The molecule has 0 atom stereocenters. The fraction of sp³-hybridized carbons (Fsp3) is 0.684. The van der Waals surface area contributed by atoms with Crippen molar-refractivity contribution in [3.63, 3.8) is 0 Å². The van der Waals surface area contributed by atoms with E-state index in [9.17, 15) is 0 Å². The Bertz CT molecular complexity index is 344. The zero-order chi connectivity index (χ0) is 14.0. The zero-order valence-corrected chi connectivity index (χ0v) is 14.4. The van der Waals surface area contributed by atoms with Gasteiger partial charge in [-0.3, -0.25) is 0 Å². The van der Waals surface area contributed by atoms with Gasteiger partial charge in [-0.25, -0.2) is 0 Å². The smallest absolute Gasteiger partial charge is 0.00161 e. The van der Waals surface area contributed by atoms with Crippen molar-refractivity contribution < 1.29 is 0 Å². The highest BCUT2D eigenvalue weighted by Gasteiger charge is 2.18. The van der Waals surface area contributed by atoms with Crippen molar-refractivity contribution in [3.8, 4) is 0 Å². The summed E-state index contributed by atoms with van der Waals surface area (Å²) in [5, 5.41) is 0. The van der Waals surface area contributed by atoms with E-state index in [1.165, 1.54) is 76.6 Å². The van der Waals surface area contributed by atoms with Gasteiger partial charge in [-0.15, -0.1) is 12.4 Å².